The van der Waals surface area contributed by atoms with Crippen LogP contribution in [0.25, 0.3) is 0 Å². The molecular formula is C23H16Cl3NO4. The van der Waals surface area contributed by atoms with E-state index in [2.05, 4.69) is 5.16 Å². The quantitative estimate of drug-likeness (QED) is 0.302. The number of rotatable bonds is 5. The summed E-state index contributed by atoms with van der Waals surface area (Å²) in [5.74, 6) is 0.190. The molecule has 4 rings (SSSR count). The Balaban J connectivity index is 1.49. The average Bonchev–Trinajstić information content (AvgIpc) is 3.24. The standard InChI is InChI=1S/C23H16Cl3NO4/c1-29-22-10-14(4-9-20(22)30-23(28)13-2-5-15(24)6-3-13)21-12-19(27-31-21)17-8-7-16(25)11-18(17)26/h2-11,21H,12H2,1H3. The van der Waals surface area contributed by atoms with Crippen LogP contribution in [0.3, 0.4) is 0 Å². The molecule has 0 saturated heterocycles. The zero-order valence-corrected chi connectivity index (χ0v) is 18.5. The number of benzene rings is 3. The van der Waals surface area contributed by atoms with Gasteiger partial charge in [0.15, 0.2) is 17.6 Å². The summed E-state index contributed by atoms with van der Waals surface area (Å²) in [5.41, 5.74) is 2.71. The molecule has 0 aliphatic carbocycles. The summed E-state index contributed by atoms with van der Waals surface area (Å²) < 4.78 is 10.9. The Labute approximate surface area is 194 Å². The molecule has 1 atom stereocenters. The molecule has 0 aromatic heterocycles. The van der Waals surface area contributed by atoms with E-state index >= 15 is 0 Å². The van der Waals surface area contributed by atoms with Crippen molar-refractivity contribution in [1.29, 1.82) is 0 Å². The Kier molecular flexibility index (Phi) is 6.37. The molecule has 0 amide bonds. The molecule has 3 aromatic rings. The molecule has 0 N–H and O–H groups in total. The number of hydrogen-bond donors (Lipinski definition) is 0. The van der Waals surface area contributed by atoms with Crippen LogP contribution in [0.2, 0.25) is 15.1 Å². The van der Waals surface area contributed by atoms with Crippen LogP contribution in [0.1, 0.15) is 34.0 Å². The molecule has 31 heavy (non-hydrogen) atoms. The molecule has 1 unspecified atom stereocenters. The third-order valence-electron chi connectivity index (χ3n) is 4.75. The highest BCUT2D eigenvalue weighted by Gasteiger charge is 2.26. The highest BCUT2D eigenvalue weighted by Crippen LogP contribution is 2.37. The van der Waals surface area contributed by atoms with E-state index in [0.29, 0.717) is 38.6 Å². The predicted molar refractivity (Wildman–Crippen MR) is 121 cm³/mol. The normalized spacial score (nSPS) is 15.2. The molecule has 158 valence electrons. The largest absolute Gasteiger partial charge is 0.493 e. The second kappa shape index (κ2) is 9.18. The molecule has 1 heterocycles. The SMILES string of the molecule is COc1cc(C2CC(c3ccc(Cl)cc3Cl)=NO2)ccc1OC(=O)c1ccc(Cl)cc1. The minimum absolute atomic E-state index is 0.297. The number of carbonyl (C=O) groups is 1. The van der Waals surface area contributed by atoms with Crippen molar-refractivity contribution < 1.29 is 19.1 Å². The summed E-state index contributed by atoms with van der Waals surface area (Å²) in [6.45, 7) is 0. The Morgan fingerprint density at radius 1 is 0.968 bits per heavy atom. The lowest BCUT2D eigenvalue weighted by atomic mass is 10.00. The summed E-state index contributed by atoms with van der Waals surface area (Å²) >= 11 is 18.1. The number of carbonyl (C=O) groups excluding carboxylic acids is 1. The topological polar surface area (TPSA) is 57.1 Å². The summed E-state index contributed by atoms with van der Waals surface area (Å²) in [4.78, 5) is 18.0. The highest BCUT2D eigenvalue weighted by atomic mass is 35.5. The van der Waals surface area contributed by atoms with Crippen LogP contribution in [0, 0.1) is 0 Å². The lowest BCUT2D eigenvalue weighted by molar-refractivity contribution is 0.0728. The number of halogens is 3. The number of ether oxygens (including phenoxy) is 2. The van der Waals surface area contributed by atoms with Crippen LogP contribution in [-0.4, -0.2) is 18.8 Å². The van der Waals surface area contributed by atoms with E-state index in [1.54, 1.807) is 54.6 Å². The molecule has 5 nitrogen and oxygen atoms in total. The molecule has 0 spiro atoms. The molecule has 3 aromatic carbocycles. The molecule has 1 aliphatic rings. The zero-order valence-electron chi connectivity index (χ0n) is 16.3. The molecular weight excluding hydrogens is 461 g/mol. The van der Waals surface area contributed by atoms with E-state index < -0.39 is 5.97 Å². The van der Waals surface area contributed by atoms with Gasteiger partial charge in [-0.15, -0.1) is 0 Å². The van der Waals surface area contributed by atoms with Crippen LogP contribution >= 0.6 is 34.8 Å². The minimum Gasteiger partial charge on any atom is -0.493 e. The van der Waals surface area contributed by atoms with E-state index in [-0.39, 0.29) is 6.10 Å². The lowest BCUT2D eigenvalue weighted by Gasteiger charge is -2.14. The Bertz CT molecular complexity index is 1160. The monoisotopic (exact) mass is 475 g/mol. The fraction of sp³-hybridized carbons (Fsp3) is 0.130. The first-order valence-corrected chi connectivity index (χ1v) is 10.4. The summed E-state index contributed by atoms with van der Waals surface area (Å²) in [6.07, 6.45) is 0.200. The fourth-order valence-electron chi connectivity index (χ4n) is 3.15. The first-order valence-electron chi connectivity index (χ1n) is 9.28. The van der Waals surface area contributed by atoms with E-state index in [1.165, 1.54) is 7.11 Å². The van der Waals surface area contributed by atoms with Gasteiger partial charge in [0, 0.05) is 22.0 Å². The van der Waals surface area contributed by atoms with E-state index in [4.69, 9.17) is 49.1 Å². The van der Waals surface area contributed by atoms with E-state index in [9.17, 15) is 4.79 Å². The van der Waals surface area contributed by atoms with Crippen molar-refractivity contribution in [3.8, 4) is 11.5 Å². The van der Waals surface area contributed by atoms with Gasteiger partial charge in [-0.1, -0.05) is 52.1 Å². The van der Waals surface area contributed by atoms with Gasteiger partial charge in [-0.3, -0.25) is 0 Å². The lowest BCUT2D eigenvalue weighted by Crippen LogP contribution is -2.09. The summed E-state index contributed by atoms with van der Waals surface area (Å²) in [5, 5.41) is 5.78. The van der Waals surface area contributed by atoms with Crippen LogP contribution in [0.5, 0.6) is 11.5 Å². The summed E-state index contributed by atoms with van der Waals surface area (Å²) in [6, 6.07) is 16.9. The van der Waals surface area contributed by atoms with Crippen LogP contribution in [0.15, 0.2) is 65.8 Å². The van der Waals surface area contributed by atoms with Gasteiger partial charge in [-0.25, -0.2) is 4.79 Å². The smallest absolute Gasteiger partial charge is 0.343 e. The van der Waals surface area contributed by atoms with Gasteiger partial charge in [0.25, 0.3) is 0 Å². The zero-order chi connectivity index (χ0) is 22.0. The van der Waals surface area contributed by atoms with Gasteiger partial charge in [0.1, 0.15) is 0 Å². The molecule has 8 heteroatoms. The second-order valence-electron chi connectivity index (χ2n) is 6.77. The fourth-order valence-corrected chi connectivity index (χ4v) is 3.80. The van der Waals surface area contributed by atoms with Gasteiger partial charge in [-0.2, -0.15) is 0 Å². The van der Waals surface area contributed by atoms with Crippen LogP contribution < -0.4 is 9.47 Å². The molecule has 1 aliphatic heterocycles. The van der Waals surface area contributed by atoms with E-state index in [1.807, 2.05) is 6.07 Å². The van der Waals surface area contributed by atoms with Crippen LogP contribution in [-0.2, 0) is 4.84 Å². The third-order valence-corrected chi connectivity index (χ3v) is 5.55. The number of hydrogen-bond acceptors (Lipinski definition) is 5. The second-order valence-corrected chi connectivity index (χ2v) is 8.05. The van der Waals surface area contributed by atoms with Crippen molar-refractivity contribution in [3.63, 3.8) is 0 Å². The maximum absolute atomic E-state index is 12.4. The maximum atomic E-state index is 12.4. The molecule has 0 radical (unpaired) electrons. The third kappa shape index (κ3) is 4.79. The van der Waals surface area contributed by atoms with Gasteiger partial charge in [-0.05, 0) is 54.1 Å². The number of methoxy groups -OCH3 is 1. The molecule has 0 fully saturated rings. The van der Waals surface area contributed by atoms with E-state index in [0.717, 1.165) is 16.8 Å². The first-order chi connectivity index (χ1) is 14.9. The minimum atomic E-state index is -0.511. The first kappa shape index (κ1) is 21.5. The van der Waals surface area contributed by atoms with Crippen LogP contribution in [0.4, 0.5) is 0 Å². The van der Waals surface area contributed by atoms with Crippen molar-refractivity contribution in [1.82, 2.24) is 0 Å². The van der Waals surface area contributed by atoms with Gasteiger partial charge >= 0.3 is 5.97 Å². The molecule has 0 bridgehead atoms. The van der Waals surface area contributed by atoms with Crippen molar-refractivity contribution >= 4 is 46.5 Å². The number of oxime groups is 1. The van der Waals surface area contributed by atoms with Crippen molar-refractivity contribution in [2.24, 2.45) is 5.16 Å². The van der Waals surface area contributed by atoms with Crippen molar-refractivity contribution in [2.45, 2.75) is 12.5 Å². The number of nitrogens with zero attached hydrogens (tertiary/aromatic N) is 1. The Morgan fingerprint density at radius 3 is 2.42 bits per heavy atom. The van der Waals surface area contributed by atoms with Gasteiger partial charge < -0.3 is 14.3 Å². The Hall–Kier alpha value is -2.73. The van der Waals surface area contributed by atoms with Crippen molar-refractivity contribution in [3.05, 3.63) is 92.4 Å². The highest BCUT2D eigenvalue weighted by molar-refractivity contribution is 6.37. The average molecular weight is 477 g/mol. The maximum Gasteiger partial charge on any atom is 0.343 e. The van der Waals surface area contributed by atoms with Gasteiger partial charge in [0.05, 0.1) is 23.4 Å². The number of esters is 1. The Morgan fingerprint density at radius 2 is 1.71 bits per heavy atom. The predicted octanol–water partition coefficient (Wildman–Crippen LogP) is 6.74. The summed E-state index contributed by atoms with van der Waals surface area (Å²) in [7, 11) is 1.50. The molecule has 0 saturated carbocycles. The van der Waals surface area contributed by atoms with Gasteiger partial charge in [0.2, 0.25) is 0 Å². The van der Waals surface area contributed by atoms with Crippen molar-refractivity contribution in [2.75, 3.05) is 7.11 Å².